The van der Waals surface area contributed by atoms with Gasteiger partial charge in [-0.2, -0.15) is 0 Å². The molecule has 0 unspecified atom stereocenters. The Kier molecular flexibility index (Phi) is 3.43. The molecule has 102 valence electrons. The highest BCUT2D eigenvalue weighted by Gasteiger charge is 2.15. The summed E-state index contributed by atoms with van der Waals surface area (Å²) in [5.41, 5.74) is 8.74. The molecule has 0 saturated heterocycles. The third kappa shape index (κ3) is 2.09. The van der Waals surface area contributed by atoms with Crippen LogP contribution in [0.25, 0.3) is 16.7 Å². The second-order valence-electron chi connectivity index (χ2n) is 4.23. The van der Waals surface area contributed by atoms with Gasteiger partial charge < -0.3 is 10.5 Å². The fourth-order valence-corrected chi connectivity index (χ4v) is 3.50. The second-order valence-corrected chi connectivity index (χ2v) is 5.94. The van der Waals surface area contributed by atoms with Gasteiger partial charge in [0.25, 0.3) is 0 Å². The molecule has 0 saturated carbocycles. The Hall–Kier alpha value is -1.53. The number of ether oxygens (including phenoxy) is 1. The van der Waals surface area contributed by atoms with E-state index in [-0.39, 0.29) is 0 Å². The van der Waals surface area contributed by atoms with E-state index in [1.54, 1.807) is 7.11 Å². The topological polar surface area (TPSA) is 53.1 Å². The first kappa shape index (κ1) is 13.5. The molecule has 0 aliphatic carbocycles. The van der Waals surface area contributed by atoms with Crippen molar-refractivity contribution in [3.05, 3.63) is 45.3 Å². The molecule has 20 heavy (non-hydrogen) atoms. The van der Waals surface area contributed by atoms with Gasteiger partial charge in [0.05, 0.1) is 23.8 Å². The smallest absolute Gasteiger partial charge is 0.206 e. The highest BCUT2D eigenvalue weighted by atomic mass is 79.9. The molecule has 3 aromatic rings. The molecule has 6 heteroatoms. The molecule has 0 amide bonds. The lowest BCUT2D eigenvalue weighted by molar-refractivity contribution is 0.415. The van der Waals surface area contributed by atoms with Gasteiger partial charge in [0.2, 0.25) is 5.95 Å². The largest absolute Gasteiger partial charge is 0.497 e. The van der Waals surface area contributed by atoms with E-state index in [4.69, 9.17) is 10.5 Å². The van der Waals surface area contributed by atoms with Gasteiger partial charge in [0.15, 0.2) is 0 Å². The molecule has 0 radical (unpaired) electrons. The third-order valence-corrected chi connectivity index (χ3v) is 4.33. The van der Waals surface area contributed by atoms with Crippen LogP contribution in [0, 0.1) is 0 Å². The van der Waals surface area contributed by atoms with Crippen LogP contribution in [-0.2, 0) is 0 Å². The average molecular weight is 397 g/mol. The molecule has 2 aromatic carbocycles. The Bertz CT molecular complexity index is 778. The zero-order chi connectivity index (χ0) is 14.3. The molecule has 1 heterocycles. The van der Waals surface area contributed by atoms with Crippen LogP contribution in [0.5, 0.6) is 5.75 Å². The van der Waals surface area contributed by atoms with E-state index in [9.17, 15) is 0 Å². The zero-order valence-electron chi connectivity index (χ0n) is 10.6. The number of nitrogens with zero attached hydrogens (tertiary/aromatic N) is 2. The lowest BCUT2D eigenvalue weighted by Crippen LogP contribution is -2.02. The van der Waals surface area contributed by atoms with Crippen molar-refractivity contribution in [1.29, 1.82) is 0 Å². The predicted molar refractivity (Wildman–Crippen MR) is 87.4 cm³/mol. The third-order valence-electron chi connectivity index (χ3n) is 3.05. The maximum atomic E-state index is 6.08. The molecule has 0 aliphatic heterocycles. The van der Waals surface area contributed by atoms with Crippen molar-refractivity contribution in [2.24, 2.45) is 0 Å². The lowest BCUT2D eigenvalue weighted by Gasteiger charge is -2.11. The van der Waals surface area contributed by atoms with Crippen molar-refractivity contribution < 1.29 is 4.74 Å². The van der Waals surface area contributed by atoms with Crippen molar-refractivity contribution in [3.63, 3.8) is 0 Å². The number of nitrogens with two attached hydrogens (primary N) is 1. The summed E-state index contributed by atoms with van der Waals surface area (Å²) in [5.74, 6) is 1.19. The minimum Gasteiger partial charge on any atom is -0.497 e. The van der Waals surface area contributed by atoms with Crippen molar-refractivity contribution in [1.82, 2.24) is 9.55 Å². The van der Waals surface area contributed by atoms with E-state index in [2.05, 4.69) is 36.8 Å². The van der Waals surface area contributed by atoms with Gasteiger partial charge in [0, 0.05) is 15.0 Å². The number of halogens is 2. The van der Waals surface area contributed by atoms with E-state index in [0.717, 1.165) is 31.4 Å². The number of rotatable bonds is 2. The summed E-state index contributed by atoms with van der Waals surface area (Å²) >= 11 is 7.12. The first-order valence-electron chi connectivity index (χ1n) is 5.88. The molecular formula is C14H11Br2N3O. The zero-order valence-corrected chi connectivity index (χ0v) is 13.8. The normalized spacial score (nSPS) is 10.9. The quantitative estimate of drug-likeness (QED) is 0.708. The molecule has 4 nitrogen and oxygen atoms in total. The van der Waals surface area contributed by atoms with Crippen LogP contribution >= 0.6 is 31.9 Å². The molecular weight excluding hydrogens is 386 g/mol. The highest BCUT2D eigenvalue weighted by Crippen LogP contribution is 2.34. The lowest BCUT2D eigenvalue weighted by atomic mass is 10.2. The highest BCUT2D eigenvalue weighted by molar-refractivity contribution is 9.11. The minimum absolute atomic E-state index is 0.431. The summed E-state index contributed by atoms with van der Waals surface area (Å²) in [6, 6.07) is 11.6. The van der Waals surface area contributed by atoms with Crippen LogP contribution in [0.3, 0.4) is 0 Å². The molecule has 0 aliphatic rings. The molecule has 1 aromatic heterocycles. The molecule has 0 fully saturated rings. The standard InChI is InChI=1S/C14H11Br2N3O/c1-20-8-5-6-12-11(7-8)18-14(17)19(12)13-9(15)3-2-4-10(13)16/h2-7H,1H3,(H2,17,18). The fourth-order valence-electron chi connectivity index (χ4n) is 2.14. The Morgan fingerprint density at radius 2 is 1.85 bits per heavy atom. The van der Waals surface area contributed by atoms with Gasteiger partial charge in [-0.05, 0) is 56.1 Å². The van der Waals surface area contributed by atoms with E-state index >= 15 is 0 Å². The molecule has 3 rings (SSSR count). The fraction of sp³-hybridized carbons (Fsp3) is 0.0714. The summed E-state index contributed by atoms with van der Waals surface area (Å²) in [7, 11) is 1.63. The molecule has 2 N–H and O–H groups in total. The number of para-hydroxylation sites is 1. The predicted octanol–water partition coefficient (Wildman–Crippen LogP) is 4.14. The summed E-state index contributed by atoms with van der Waals surface area (Å²) in [4.78, 5) is 4.40. The Labute approximate surface area is 132 Å². The number of benzene rings is 2. The van der Waals surface area contributed by atoms with Gasteiger partial charge in [0.1, 0.15) is 5.75 Å². The number of aromatic nitrogens is 2. The Balaban J connectivity index is 2.34. The number of fused-ring (bicyclic) bond motifs is 1. The number of hydrogen-bond donors (Lipinski definition) is 1. The van der Waals surface area contributed by atoms with Crippen LogP contribution in [0.1, 0.15) is 0 Å². The molecule has 0 atom stereocenters. The summed E-state index contributed by atoms with van der Waals surface area (Å²) < 4.78 is 9.00. The van der Waals surface area contributed by atoms with Crippen LogP contribution in [0.4, 0.5) is 5.95 Å². The van der Waals surface area contributed by atoms with Crippen molar-refractivity contribution in [3.8, 4) is 11.4 Å². The maximum absolute atomic E-state index is 6.08. The van der Waals surface area contributed by atoms with E-state index in [1.807, 2.05) is 41.0 Å². The number of methoxy groups -OCH3 is 1. The second kappa shape index (κ2) is 5.10. The van der Waals surface area contributed by atoms with E-state index in [0.29, 0.717) is 5.95 Å². The van der Waals surface area contributed by atoms with Crippen LogP contribution in [0.2, 0.25) is 0 Å². The van der Waals surface area contributed by atoms with Crippen molar-refractivity contribution in [2.75, 3.05) is 12.8 Å². The number of anilines is 1. The summed E-state index contributed by atoms with van der Waals surface area (Å²) in [5, 5.41) is 0. The maximum Gasteiger partial charge on any atom is 0.206 e. The summed E-state index contributed by atoms with van der Waals surface area (Å²) in [6.07, 6.45) is 0. The SMILES string of the molecule is COc1ccc2c(c1)nc(N)n2-c1c(Br)cccc1Br. The van der Waals surface area contributed by atoms with E-state index < -0.39 is 0 Å². The van der Waals surface area contributed by atoms with E-state index in [1.165, 1.54) is 0 Å². The van der Waals surface area contributed by atoms with Gasteiger partial charge in [-0.25, -0.2) is 4.98 Å². The van der Waals surface area contributed by atoms with Gasteiger partial charge >= 0.3 is 0 Å². The number of hydrogen-bond acceptors (Lipinski definition) is 3. The first-order valence-corrected chi connectivity index (χ1v) is 7.47. The van der Waals surface area contributed by atoms with Crippen LogP contribution in [-0.4, -0.2) is 16.7 Å². The van der Waals surface area contributed by atoms with Crippen molar-refractivity contribution >= 4 is 48.8 Å². The molecule has 0 bridgehead atoms. The molecule has 0 spiro atoms. The first-order chi connectivity index (χ1) is 9.61. The number of imidazole rings is 1. The average Bonchev–Trinajstić information content (AvgIpc) is 2.74. The Morgan fingerprint density at radius 1 is 1.15 bits per heavy atom. The van der Waals surface area contributed by atoms with Crippen LogP contribution in [0.15, 0.2) is 45.3 Å². The number of nitrogen functional groups attached to an aromatic ring is 1. The Morgan fingerprint density at radius 3 is 2.50 bits per heavy atom. The van der Waals surface area contributed by atoms with Gasteiger partial charge in [-0.3, -0.25) is 4.57 Å². The minimum atomic E-state index is 0.431. The monoisotopic (exact) mass is 395 g/mol. The van der Waals surface area contributed by atoms with Crippen molar-refractivity contribution in [2.45, 2.75) is 0 Å². The van der Waals surface area contributed by atoms with Gasteiger partial charge in [-0.15, -0.1) is 0 Å². The van der Waals surface area contributed by atoms with Crippen LogP contribution < -0.4 is 10.5 Å². The van der Waals surface area contributed by atoms with Gasteiger partial charge in [-0.1, -0.05) is 6.07 Å². The summed E-state index contributed by atoms with van der Waals surface area (Å²) in [6.45, 7) is 0.